The van der Waals surface area contributed by atoms with Gasteiger partial charge >= 0.3 is 5.97 Å². The topological polar surface area (TPSA) is 93.2 Å². The summed E-state index contributed by atoms with van der Waals surface area (Å²) in [5, 5.41) is 6.31. The monoisotopic (exact) mass is 396 g/mol. The maximum atomic E-state index is 12.5. The van der Waals surface area contributed by atoms with E-state index in [9.17, 15) is 9.59 Å². The highest BCUT2D eigenvalue weighted by atomic mass is 35.5. The third kappa shape index (κ3) is 4.63. The lowest BCUT2D eigenvalue weighted by Crippen LogP contribution is -2.15. The Morgan fingerprint density at radius 2 is 1.82 bits per heavy atom. The maximum Gasteiger partial charge on any atom is 0.337 e. The van der Waals surface area contributed by atoms with Crippen LogP contribution in [0.5, 0.6) is 0 Å². The number of carbonyl (C=O) groups excluding carboxylic acids is 2. The molecule has 28 heavy (non-hydrogen) atoms. The van der Waals surface area contributed by atoms with Gasteiger partial charge in [-0.3, -0.25) is 4.79 Å². The lowest BCUT2D eigenvalue weighted by atomic mass is 10.2. The molecule has 142 valence electrons. The van der Waals surface area contributed by atoms with Crippen molar-refractivity contribution >= 4 is 40.8 Å². The van der Waals surface area contributed by atoms with Gasteiger partial charge in [0.25, 0.3) is 5.91 Å². The predicted octanol–water partition coefficient (Wildman–Crippen LogP) is 4.22. The van der Waals surface area contributed by atoms with E-state index in [2.05, 4.69) is 25.3 Å². The second-order valence-corrected chi connectivity index (χ2v) is 6.31. The third-order valence-corrected chi connectivity index (χ3v) is 4.13. The number of amides is 1. The molecule has 0 saturated heterocycles. The van der Waals surface area contributed by atoms with Gasteiger partial charge in [-0.25, -0.2) is 14.8 Å². The Labute approximate surface area is 166 Å². The quantitative estimate of drug-likeness (QED) is 0.627. The van der Waals surface area contributed by atoms with Gasteiger partial charge in [-0.1, -0.05) is 17.7 Å². The number of nitrogens with zero attached hydrogens (tertiary/aromatic N) is 2. The van der Waals surface area contributed by atoms with Crippen LogP contribution in [0.25, 0.3) is 0 Å². The molecular formula is C20H17ClN4O3. The van der Waals surface area contributed by atoms with E-state index < -0.39 is 5.97 Å². The molecule has 7 nitrogen and oxygen atoms in total. The number of halogens is 1. The molecule has 3 rings (SSSR count). The molecule has 0 aliphatic carbocycles. The lowest BCUT2D eigenvalue weighted by molar-refractivity contribution is 0.0600. The molecule has 0 spiro atoms. The Hall–Kier alpha value is -3.45. The number of aryl methyl sites for hydroxylation is 1. The molecule has 0 atom stereocenters. The standard InChI is InChI=1S/C20H17ClN4O3/c1-12-3-6-14(21)11-17(12)24-18(26)16-9-10-22-20(25-16)23-15-7-4-13(5-8-15)19(27)28-2/h3-11H,1-2H3,(H,24,26)(H,22,23,25). The first-order valence-electron chi connectivity index (χ1n) is 8.32. The van der Waals surface area contributed by atoms with Crippen molar-refractivity contribution in [3.05, 3.63) is 76.6 Å². The Morgan fingerprint density at radius 3 is 2.54 bits per heavy atom. The van der Waals surface area contributed by atoms with Crippen LogP contribution in [0.3, 0.4) is 0 Å². The Kier molecular flexibility index (Phi) is 5.86. The molecule has 2 aromatic carbocycles. The van der Waals surface area contributed by atoms with E-state index in [0.717, 1.165) is 5.56 Å². The number of carbonyl (C=O) groups is 2. The summed E-state index contributed by atoms with van der Waals surface area (Å²) in [6, 6.07) is 13.4. The van der Waals surface area contributed by atoms with E-state index in [-0.39, 0.29) is 17.5 Å². The van der Waals surface area contributed by atoms with E-state index >= 15 is 0 Å². The number of rotatable bonds is 5. The maximum absolute atomic E-state index is 12.5. The molecule has 3 aromatic rings. The molecule has 0 bridgehead atoms. The SMILES string of the molecule is COC(=O)c1ccc(Nc2nccc(C(=O)Nc3cc(Cl)ccc3C)n2)cc1. The van der Waals surface area contributed by atoms with Crippen molar-refractivity contribution in [3.63, 3.8) is 0 Å². The highest BCUT2D eigenvalue weighted by molar-refractivity contribution is 6.31. The van der Waals surface area contributed by atoms with Gasteiger partial charge in [-0.05, 0) is 55.0 Å². The van der Waals surface area contributed by atoms with Gasteiger partial charge in [0, 0.05) is 22.6 Å². The number of methoxy groups -OCH3 is 1. The Balaban J connectivity index is 1.74. The Bertz CT molecular complexity index is 1020. The van der Waals surface area contributed by atoms with Crippen LogP contribution in [0.1, 0.15) is 26.4 Å². The fourth-order valence-corrected chi connectivity index (χ4v) is 2.57. The number of benzene rings is 2. The van der Waals surface area contributed by atoms with Crippen molar-refractivity contribution in [2.45, 2.75) is 6.92 Å². The first-order chi connectivity index (χ1) is 13.5. The molecule has 1 aromatic heterocycles. The summed E-state index contributed by atoms with van der Waals surface area (Å²) in [4.78, 5) is 32.3. The average molecular weight is 397 g/mol. The largest absolute Gasteiger partial charge is 0.465 e. The van der Waals surface area contributed by atoms with E-state index in [4.69, 9.17) is 11.6 Å². The van der Waals surface area contributed by atoms with Crippen LogP contribution < -0.4 is 10.6 Å². The van der Waals surface area contributed by atoms with Gasteiger partial charge in [0.1, 0.15) is 5.69 Å². The number of hydrogen-bond acceptors (Lipinski definition) is 6. The number of ether oxygens (including phenoxy) is 1. The van der Waals surface area contributed by atoms with Gasteiger partial charge in [-0.2, -0.15) is 0 Å². The van der Waals surface area contributed by atoms with Gasteiger partial charge in [0.2, 0.25) is 5.95 Å². The summed E-state index contributed by atoms with van der Waals surface area (Å²) >= 11 is 5.99. The molecule has 0 unspecified atom stereocenters. The van der Waals surface area contributed by atoms with Crippen LogP contribution >= 0.6 is 11.6 Å². The van der Waals surface area contributed by atoms with Crippen molar-refractivity contribution in [1.29, 1.82) is 0 Å². The molecule has 1 heterocycles. The lowest BCUT2D eigenvalue weighted by Gasteiger charge is -2.10. The highest BCUT2D eigenvalue weighted by Crippen LogP contribution is 2.21. The molecule has 0 fully saturated rings. The van der Waals surface area contributed by atoms with Crippen LogP contribution in [0.15, 0.2) is 54.7 Å². The van der Waals surface area contributed by atoms with E-state index in [1.54, 1.807) is 36.4 Å². The average Bonchev–Trinajstić information content (AvgIpc) is 2.71. The molecule has 0 aliphatic heterocycles. The summed E-state index contributed by atoms with van der Waals surface area (Å²) in [7, 11) is 1.32. The van der Waals surface area contributed by atoms with Crippen LogP contribution in [0.4, 0.5) is 17.3 Å². The van der Waals surface area contributed by atoms with Crippen LogP contribution in [0.2, 0.25) is 5.02 Å². The van der Waals surface area contributed by atoms with Gasteiger partial charge < -0.3 is 15.4 Å². The zero-order chi connectivity index (χ0) is 20.1. The molecular weight excluding hydrogens is 380 g/mol. The van der Waals surface area contributed by atoms with Crippen LogP contribution in [-0.4, -0.2) is 29.0 Å². The first-order valence-corrected chi connectivity index (χ1v) is 8.70. The second-order valence-electron chi connectivity index (χ2n) is 5.87. The predicted molar refractivity (Wildman–Crippen MR) is 107 cm³/mol. The highest BCUT2D eigenvalue weighted by Gasteiger charge is 2.11. The first kappa shape index (κ1) is 19.3. The van der Waals surface area contributed by atoms with E-state index in [1.807, 2.05) is 13.0 Å². The van der Waals surface area contributed by atoms with Gasteiger partial charge in [-0.15, -0.1) is 0 Å². The van der Waals surface area contributed by atoms with Crippen molar-refractivity contribution in [3.8, 4) is 0 Å². The van der Waals surface area contributed by atoms with Crippen molar-refractivity contribution in [1.82, 2.24) is 9.97 Å². The zero-order valence-electron chi connectivity index (χ0n) is 15.2. The van der Waals surface area contributed by atoms with Crippen molar-refractivity contribution in [2.24, 2.45) is 0 Å². The van der Waals surface area contributed by atoms with Crippen molar-refractivity contribution in [2.75, 3.05) is 17.7 Å². The summed E-state index contributed by atoms with van der Waals surface area (Å²) in [5.74, 6) is -0.545. The number of nitrogens with one attached hydrogen (secondary N) is 2. The molecule has 8 heteroatoms. The minimum Gasteiger partial charge on any atom is -0.465 e. The van der Waals surface area contributed by atoms with E-state index in [1.165, 1.54) is 19.4 Å². The van der Waals surface area contributed by atoms with Gasteiger partial charge in [0.15, 0.2) is 0 Å². The molecule has 0 saturated carbocycles. The summed E-state index contributed by atoms with van der Waals surface area (Å²) in [5.41, 5.74) is 2.79. The Morgan fingerprint density at radius 1 is 1.07 bits per heavy atom. The third-order valence-electron chi connectivity index (χ3n) is 3.90. The number of hydrogen-bond donors (Lipinski definition) is 2. The number of aromatic nitrogens is 2. The van der Waals surface area contributed by atoms with Gasteiger partial charge in [0.05, 0.1) is 12.7 Å². The summed E-state index contributed by atoms with van der Waals surface area (Å²) in [6.07, 6.45) is 1.48. The smallest absolute Gasteiger partial charge is 0.337 e. The molecule has 0 radical (unpaired) electrons. The zero-order valence-corrected chi connectivity index (χ0v) is 15.9. The van der Waals surface area contributed by atoms with E-state index in [0.29, 0.717) is 22.0 Å². The second kappa shape index (κ2) is 8.49. The van der Waals surface area contributed by atoms with Crippen LogP contribution in [0, 0.1) is 6.92 Å². The minimum atomic E-state index is -0.419. The summed E-state index contributed by atoms with van der Waals surface area (Å²) in [6.45, 7) is 1.87. The normalized spacial score (nSPS) is 10.2. The molecule has 2 N–H and O–H groups in total. The van der Waals surface area contributed by atoms with Crippen molar-refractivity contribution < 1.29 is 14.3 Å². The van der Waals surface area contributed by atoms with Crippen LogP contribution in [-0.2, 0) is 4.74 Å². The fraction of sp³-hybridized carbons (Fsp3) is 0.100. The molecule has 0 aliphatic rings. The summed E-state index contributed by atoms with van der Waals surface area (Å²) < 4.78 is 4.66. The molecule has 1 amide bonds. The fourth-order valence-electron chi connectivity index (χ4n) is 2.40. The number of anilines is 3. The number of esters is 1. The minimum absolute atomic E-state index is 0.197.